The molecule has 0 radical (unpaired) electrons. The number of nitrogens with zero attached hydrogens (tertiary/aromatic N) is 1. The molecular formula is C16H25N3O. The Balaban J connectivity index is 1.84. The summed E-state index contributed by atoms with van der Waals surface area (Å²) in [6.07, 6.45) is 2.20. The van der Waals surface area contributed by atoms with Crippen LogP contribution in [0.25, 0.3) is 0 Å². The Bertz CT molecular complexity index is 421. The first-order chi connectivity index (χ1) is 9.69. The third-order valence-corrected chi connectivity index (χ3v) is 3.90. The molecule has 0 spiro atoms. The van der Waals surface area contributed by atoms with Crippen molar-refractivity contribution in [1.29, 1.82) is 0 Å². The molecule has 1 heterocycles. The Labute approximate surface area is 121 Å². The van der Waals surface area contributed by atoms with Gasteiger partial charge in [-0.15, -0.1) is 0 Å². The number of benzene rings is 1. The molecule has 1 saturated heterocycles. The highest BCUT2D eigenvalue weighted by Gasteiger charge is 2.22. The maximum atomic E-state index is 11.9. The van der Waals surface area contributed by atoms with Crippen molar-refractivity contribution >= 4 is 5.91 Å². The lowest BCUT2D eigenvalue weighted by Crippen LogP contribution is -2.49. The average molecular weight is 275 g/mol. The summed E-state index contributed by atoms with van der Waals surface area (Å²) in [5.41, 5.74) is 6.86. The number of nitrogens with one attached hydrogen (secondary N) is 1. The molecule has 2 rings (SSSR count). The summed E-state index contributed by atoms with van der Waals surface area (Å²) in [5, 5.41) is 3.12. The summed E-state index contributed by atoms with van der Waals surface area (Å²) < 4.78 is 0. The van der Waals surface area contributed by atoms with Crippen molar-refractivity contribution in [3.63, 3.8) is 0 Å². The van der Waals surface area contributed by atoms with E-state index in [0.717, 1.165) is 32.5 Å². The van der Waals surface area contributed by atoms with Crippen molar-refractivity contribution < 1.29 is 4.79 Å². The fourth-order valence-corrected chi connectivity index (χ4v) is 2.61. The van der Waals surface area contributed by atoms with Crippen molar-refractivity contribution in [2.45, 2.75) is 32.4 Å². The molecule has 3 N–H and O–H groups in total. The van der Waals surface area contributed by atoms with Gasteiger partial charge in [0, 0.05) is 31.6 Å². The fraction of sp³-hybridized carbons (Fsp3) is 0.562. The van der Waals surface area contributed by atoms with Crippen LogP contribution in [0, 0.1) is 5.92 Å². The number of likely N-dealkylation sites (tertiary alicyclic amines) is 1. The van der Waals surface area contributed by atoms with E-state index in [1.807, 2.05) is 13.0 Å². The molecule has 4 heteroatoms. The third kappa shape index (κ3) is 4.32. The van der Waals surface area contributed by atoms with Gasteiger partial charge in [0.25, 0.3) is 0 Å². The second kappa shape index (κ2) is 7.41. The molecule has 0 aromatic heterocycles. The van der Waals surface area contributed by atoms with Gasteiger partial charge in [-0.25, -0.2) is 0 Å². The molecule has 4 nitrogen and oxygen atoms in total. The van der Waals surface area contributed by atoms with Crippen LogP contribution in [0.1, 0.15) is 25.3 Å². The minimum absolute atomic E-state index is 0.0825. The number of hydrogen-bond donors (Lipinski definition) is 2. The molecule has 1 aliphatic heterocycles. The Kier molecular flexibility index (Phi) is 5.56. The predicted molar refractivity (Wildman–Crippen MR) is 81.1 cm³/mol. The van der Waals surface area contributed by atoms with E-state index in [9.17, 15) is 4.79 Å². The van der Waals surface area contributed by atoms with Gasteiger partial charge in [0.1, 0.15) is 0 Å². The summed E-state index contributed by atoms with van der Waals surface area (Å²) in [6.45, 7) is 5.28. The molecule has 0 bridgehead atoms. The van der Waals surface area contributed by atoms with Gasteiger partial charge in [0.2, 0.25) is 5.91 Å². The normalized spacial score (nSPS) is 21.4. The Hall–Kier alpha value is -1.39. The molecule has 2 unspecified atom stereocenters. The van der Waals surface area contributed by atoms with Crippen LogP contribution in [0.15, 0.2) is 30.3 Å². The molecule has 0 aliphatic carbocycles. The lowest BCUT2D eigenvalue weighted by molar-refractivity contribution is -0.125. The fourth-order valence-electron chi connectivity index (χ4n) is 2.61. The number of piperidine rings is 1. The van der Waals surface area contributed by atoms with Gasteiger partial charge in [-0.1, -0.05) is 37.3 Å². The minimum atomic E-state index is -0.0977. The van der Waals surface area contributed by atoms with Crippen molar-refractivity contribution in [3.8, 4) is 0 Å². The van der Waals surface area contributed by atoms with Crippen LogP contribution in [0.5, 0.6) is 0 Å². The van der Waals surface area contributed by atoms with E-state index in [2.05, 4.69) is 34.5 Å². The molecule has 1 amide bonds. The lowest BCUT2D eigenvalue weighted by atomic mass is 10.0. The minimum Gasteiger partial charge on any atom is -0.352 e. The van der Waals surface area contributed by atoms with E-state index < -0.39 is 0 Å². The lowest BCUT2D eigenvalue weighted by Gasteiger charge is -2.33. The van der Waals surface area contributed by atoms with E-state index in [4.69, 9.17) is 5.73 Å². The first kappa shape index (κ1) is 15.0. The number of hydrogen-bond acceptors (Lipinski definition) is 3. The van der Waals surface area contributed by atoms with Gasteiger partial charge in [0.15, 0.2) is 0 Å². The standard InChI is InChI=1S/C16H25N3O/c1-13(10-17)16(20)18-15-8-5-9-19(12-15)11-14-6-3-2-4-7-14/h2-4,6-7,13,15H,5,8-12,17H2,1H3,(H,18,20). The Morgan fingerprint density at radius 2 is 2.20 bits per heavy atom. The molecule has 1 aromatic rings. The van der Waals surface area contributed by atoms with Crippen molar-refractivity contribution in [2.75, 3.05) is 19.6 Å². The van der Waals surface area contributed by atoms with Crippen molar-refractivity contribution in [3.05, 3.63) is 35.9 Å². The van der Waals surface area contributed by atoms with Gasteiger partial charge < -0.3 is 11.1 Å². The van der Waals surface area contributed by atoms with Gasteiger partial charge in [-0.2, -0.15) is 0 Å². The van der Waals surface area contributed by atoms with Gasteiger partial charge in [-0.05, 0) is 24.9 Å². The highest BCUT2D eigenvalue weighted by atomic mass is 16.1. The van der Waals surface area contributed by atoms with E-state index >= 15 is 0 Å². The topological polar surface area (TPSA) is 58.4 Å². The molecule has 1 aromatic carbocycles. The Morgan fingerprint density at radius 1 is 1.45 bits per heavy atom. The number of rotatable bonds is 5. The molecule has 0 saturated carbocycles. The van der Waals surface area contributed by atoms with Crippen LogP contribution >= 0.6 is 0 Å². The summed E-state index contributed by atoms with van der Waals surface area (Å²) in [6, 6.07) is 10.7. The number of carbonyl (C=O) groups is 1. The molecular weight excluding hydrogens is 250 g/mol. The van der Waals surface area contributed by atoms with E-state index in [0.29, 0.717) is 6.54 Å². The van der Waals surface area contributed by atoms with E-state index in [1.165, 1.54) is 5.56 Å². The molecule has 20 heavy (non-hydrogen) atoms. The maximum absolute atomic E-state index is 11.9. The summed E-state index contributed by atoms with van der Waals surface area (Å²) in [4.78, 5) is 14.3. The molecule has 2 atom stereocenters. The predicted octanol–water partition coefficient (Wildman–Crippen LogP) is 1.36. The monoisotopic (exact) mass is 275 g/mol. The van der Waals surface area contributed by atoms with Gasteiger partial charge >= 0.3 is 0 Å². The Morgan fingerprint density at radius 3 is 2.90 bits per heavy atom. The first-order valence-electron chi connectivity index (χ1n) is 7.45. The summed E-state index contributed by atoms with van der Waals surface area (Å²) in [7, 11) is 0. The van der Waals surface area contributed by atoms with Gasteiger partial charge in [-0.3, -0.25) is 9.69 Å². The number of nitrogens with two attached hydrogens (primary N) is 1. The zero-order valence-corrected chi connectivity index (χ0v) is 12.2. The highest BCUT2D eigenvalue weighted by molar-refractivity contribution is 5.78. The van der Waals surface area contributed by atoms with Gasteiger partial charge in [0.05, 0.1) is 0 Å². The second-order valence-electron chi connectivity index (χ2n) is 5.71. The number of amides is 1. The SMILES string of the molecule is CC(CN)C(=O)NC1CCCN(Cc2ccccc2)C1. The molecule has 110 valence electrons. The van der Waals surface area contributed by atoms with Crippen LogP contribution in [0.4, 0.5) is 0 Å². The summed E-state index contributed by atoms with van der Waals surface area (Å²) in [5.74, 6) is -0.0152. The zero-order valence-electron chi connectivity index (χ0n) is 12.2. The first-order valence-corrected chi connectivity index (χ1v) is 7.45. The summed E-state index contributed by atoms with van der Waals surface area (Å²) >= 11 is 0. The quantitative estimate of drug-likeness (QED) is 0.853. The van der Waals surface area contributed by atoms with Crippen LogP contribution in [0.2, 0.25) is 0 Å². The van der Waals surface area contributed by atoms with Crippen molar-refractivity contribution in [1.82, 2.24) is 10.2 Å². The highest BCUT2D eigenvalue weighted by Crippen LogP contribution is 2.14. The second-order valence-corrected chi connectivity index (χ2v) is 5.71. The smallest absolute Gasteiger partial charge is 0.224 e. The van der Waals surface area contributed by atoms with Crippen LogP contribution in [-0.2, 0) is 11.3 Å². The van der Waals surface area contributed by atoms with E-state index in [1.54, 1.807) is 0 Å². The van der Waals surface area contributed by atoms with E-state index in [-0.39, 0.29) is 17.9 Å². The zero-order chi connectivity index (χ0) is 14.4. The molecule has 1 fully saturated rings. The maximum Gasteiger partial charge on any atom is 0.224 e. The van der Waals surface area contributed by atoms with Crippen LogP contribution in [-0.4, -0.2) is 36.5 Å². The van der Waals surface area contributed by atoms with Crippen molar-refractivity contribution in [2.24, 2.45) is 11.7 Å². The third-order valence-electron chi connectivity index (χ3n) is 3.90. The number of carbonyl (C=O) groups excluding carboxylic acids is 1. The average Bonchev–Trinajstić information content (AvgIpc) is 2.47. The van der Waals surface area contributed by atoms with Crippen LogP contribution < -0.4 is 11.1 Å². The molecule has 1 aliphatic rings. The van der Waals surface area contributed by atoms with Crippen LogP contribution in [0.3, 0.4) is 0 Å². The largest absolute Gasteiger partial charge is 0.352 e.